The third-order valence-electron chi connectivity index (χ3n) is 4.04. The van der Waals surface area contributed by atoms with Crippen molar-refractivity contribution in [2.75, 3.05) is 0 Å². The Balaban J connectivity index is 0.000000177. The van der Waals surface area contributed by atoms with Gasteiger partial charge < -0.3 is 5.21 Å². The third-order valence-corrected chi connectivity index (χ3v) is 4.04. The number of hydrogen-bond acceptors (Lipinski definition) is 6. The van der Waals surface area contributed by atoms with Crippen LogP contribution in [-0.4, -0.2) is 19.7 Å². The number of nitro benzene ring substituents is 2. The molecule has 10 heteroatoms. The van der Waals surface area contributed by atoms with E-state index in [9.17, 15) is 25.4 Å². The van der Waals surface area contributed by atoms with E-state index in [-0.39, 0.29) is 11.4 Å². The van der Waals surface area contributed by atoms with Crippen molar-refractivity contribution < 1.29 is 14.7 Å². The number of para-hydroxylation sites is 2. The average molecular weight is 393 g/mol. The van der Waals surface area contributed by atoms with Gasteiger partial charge in [-0.2, -0.15) is 0 Å². The van der Waals surface area contributed by atoms with E-state index in [1.165, 1.54) is 23.0 Å². The molecule has 3 aromatic carbocycles. The van der Waals surface area contributed by atoms with Gasteiger partial charge in [-0.15, -0.1) is 4.85 Å². The molecule has 0 aliphatic heterocycles. The topological polar surface area (TPSA) is 131 Å². The highest BCUT2D eigenvalue weighted by Gasteiger charge is 2.16. The van der Waals surface area contributed by atoms with E-state index in [1.54, 1.807) is 6.07 Å². The Hall–Kier alpha value is -4.34. The molecule has 0 amide bonds. The summed E-state index contributed by atoms with van der Waals surface area (Å²) in [5, 5.41) is 36.7. The minimum atomic E-state index is -0.674. The van der Waals surface area contributed by atoms with Gasteiger partial charge in [-0.05, 0) is 41.5 Å². The lowest BCUT2D eigenvalue weighted by Gasteiger charge is -2.05. The first-order valence-corrected chi connectivity index (χ1v) is 8.41. The molecule has 4 aromatic rings. The number of rotatable bonds is 3. The second-order valence-corrected chi connectivity index (χ2v) is 5.97. The molecule has 0 bridgehead atoms. The van der Waals surface area contributed by atoms with Crippen LogP contribution in [0.3, 0.4) is 0 Å². The maximum Gasteiger partial charge on any atom is 0.276 e. The Morgan fingerprint density at radius 2 is 1.45 bits per heavy atom. The van der Waals surface area contributed by atoms with Gasteiger partial charge in [0, 0.05) is 12.1 Å². The molecule has 1 heterocycles. The standard InChI is InChI=1S/C13H11N3O.C6H4N2O4/c1-10-6-2-4-8-12(10)15-14-11-7-3-5-9-13(11)16(15)17;9-7(10)5-2-1-3-6(4-5)8(11)12/h2-9H,1H3;1-4H. The molecule has 0 N–H and O–H groups in total. The summed E-state index contributed by atoms with van der Waals surface area (Å²) in [5.74, 6) is 0. The van der Waals surface area contributed by atoms with Crippen LogP contribution in [-0.2, 0) is 0 Å². The third kappa shape index (κ3) is 4.16. The van der Waals surface area contributed by atoms with Gasteiger partial charge in [0.1, 0.15) is 5.69 Å². The van der Waals surface area contributed by atoms with Crippen molar-refractivity contribution in [3.05, 3.63) is 104 Å². The predicted octanol–water partition coefficient (Wildman–Crippen LogP) is 3.47. The molecule has 10 nitrogen and oxygen atoms in total. The molecule has 0 saturated carbocycles. The molecular weight excluding hydrogens is 378 g/mol. The van der Waals surface area contributed by atoms with E-state index < -0.39 is 9.85 Å². The first-order valence-electron chi connectivity index (χ1n) is 8.41. The van der Waals surface area contributed by atoms with Gasteiger partial charge in [-0.25, -0.2) is 0 Å². The van der Waals surface area contributed by atoms with Crippen LogP contribution in [0.2, 0.25) is 0 Å². The lowest BCUT2D eigenvalue weighted by Crippen LogP contribution is -2.37. The van der Waals surface area contributed by atoms with E-state index in [2.05, 4.69) is 5.10 Å². The smallest absolute Gasteiger partial charge is 0.276 e. The molecule has 0 fully saturated rings. The zero-order valence-corrected chi connectivity index (χ0v) is 15.2. The highest BCUT2D eigenvalue weighted by atomic mass is 16.6. The molecule has 0 aliphatic carbocycles. The number of aryl methyl sites for hydroxylation is 1. The zero-order chi connectivity index (χ0) is 21.0. The molecule has 0 aliphatic rings. The summed E-state index contributed by atoms with van der Waals surface area (Å²) in [6, 6.07) is 19.6. The van der Waals surface area contributed by atoms with Crippen molar-refractivity contribution >= 4 is 22.4 Å². The van der Waals surface area contributed by atoms with Crippen molar-refractivity contribution in [1.82, 2.24) is 9.90 Å². The SMILES string of the molecule is Cc1ccccc1-n1nc2ccccc2[n+]1[O-].O=[N+]([O-])c1cccc([N+](=O)[O-])c1. The number of aromatic nitrogens is 3. The van der Waals surface area contributed by atoms with Crippen molar-refractivity contribution in [1.29, 1.82) is 0 Å². The van der Waals surface area contributed by atoms with Gasteiger partial charge in [0.05, 0.1) is 21.0 Å². The summed E-state index contributed by atoms with van der Waals surface area (Å²) < 4.78 is 0. The Bertz CT molecular complexity index is 1180. The fourth-order valence-corrected chi connectivity index (χ4v) is 2.61. The number of nitro groups is 2. The number of benzene rings is 3. The summed E-state index contributed by atoms with van der Waals surface area (Å²) in [6.45, 7) is 1.96. The largest absolute Gasteiger partial charge is 0.692 e. The first kappa shape index (κ1) is 19.4. The number of hydrogen-bond donors (Lipinski definition) is 0. The number of nitrogens with zero attached hydrogens (tertiary/aromatic N) is 5. The molecule has 0 radical (unpaired) electrons. The Morgan fingerprint density at radius 3 is 2.03 bits per heavy atom. The molecule has 1 aromatic heterocycles. The van der Waals surface area contributed by atoms with Crippen LogP contribution in [0.15, 0.2) is 72.8 Å². The van der Waals surface area contributed by atoms with Crippen LogP contribution in [0, 0.1) is 32.4 Å². The highest BCUT2D eigenvalue weighted by molar-refractivity contribution is 5.70. The lowest BCUT2D eigenvalue weighted by atomic mass is 10.2. The molecule has 146 valence electrons. The first-order chi connectivity index (χ1) is 13.9. The summed E-state index contributed by atoms with van der Waals surface area (Å²) in [4.78, 5) is 21.2. The highest BCUT2D eigenvalue weighted by Crippen LogP contribution is 2.18. The predicted molar refractivity (Wildman–Crippen MR) is 105 cm³/mol. The molecule has 29 heavy (non-hydrogen) atoms. The Labute approximate surface area is 164 Å². The normalized spacial score (nSPS) is 10.2. The second kappa shape index (κ2) is 8.13. The molecule has 4 rings (SSSR count). The van der Waals surface area contributed by atoms with Crippen LogP contribution in [0.4, 0.5) is 11.4 Å². The van der Waals surface area contributed by atoms with E-state index >= 15 is 0 Å². The van der Waals surface area contributed by atoms with Crippen LogP contribution < -0.4 is 4.85 Å². The Morgan fingerprint density at radius 1 is 0.862 bits per heavy atom. The van der Waals surface area contributed by atoms with E-state index in [0.717, 1.165) is 22.2 Å². The number of non-ortho nitro benzene ring substituents is 2. The molecule has 0 unspecified atom stereocenters. The van der Waals surface area contributed by atoms with Gasteiger partial charge in [-0.1, -0.05) is 30.3 Å². The van der Waals surface area contributed by atoms with Crippen LogP contribution >= 0.6 is 0 Å². The minimum absolute atomic E-state index is 0.274. The average Bonchev–Trinajstić information content (AvgIpc) is 3.05. The van der Waals surface area contributed by atoms with Crippen LogP contribution in [0.5, 0.6) is 0 Å². The van der Waals surface area contributed by atoms with E-state index in [1.807, 2.05) is 49.4 Å². The maximum absolute atomic E-state index is 12.1. The van der Waals surface area contributed by atoms with Gasteiger partial charge in [0.15, 0.2) is 0 Å². The van der Waals surface area contributed by atoms with Crippen LogP contribution in [0.25, 0.3) is 16.7 Å². The van der Waals surface area contributed by atoms with Crippen molar-refractivity contribution in [3.8, 4) is 5.69 Å². The quantitative estimate of drug-likeness (QED) is 0.227. The monoisotopic (exact) mass is 393 g/mol. The van der Waals surface area contributed by atoms with Crippen molar-refractivity contribution in [2.24, 2.45) is 0 Å². The van der Waals surface area contributed by atoms with E-state index in [0.29, 0.717) is 11.0 Å². The fraction of sp³-hybridized carbons (Fsp3) is 0.0526. The Kier molecular flexibility index (Phi) is 5.44. The molecular formula is C19H15N5O5. The fourth-order valence-electron chi connectivity index (χ4n) is 2.61. The van der Waals surface area contributed by atoms with Gasteiger partial charge in [0.25, 0.3) is 11.4 Å². The van der Waals surface area contributed by atoms with Gasteiger partial charge >= 0.3 is 0 Å². The number of fused-ring (bicyclic) bond motifs is 1. The van der Waals surface area contributed by atoms with Crippen LogP contribution in [0.1, 0.15) is 5.56 Å². The van der Waals surface area contributed by atoms with Gasteiger partial charge in [-0.3, -0.25) is 20.2 Å². The van der Waals surface area contributed by atoms with Crippen molar-refractivity contribution in [3.63, 3.8) is 0 Å². The zero-order valence-electron chi connectivity index (χ0n) is 15.2. The molecule has 0 atom stereocenters. The summed E-state index contributed by atoms with van der Waals surface area (Å²) >= 11 is 0. The maximum atomic E-state index is 12.1. The lowest BCUT2D eigenvalue weighted by molar-refractivity contribution is -0.664. The summed E-state index contributed by atoms with van der Waals surface area (Å²) in [5.41, 5.74) is 2.55. The second-order valence-electron chi connectivity index (χ2n) is 5.97. The summed E-state index contributed by atoms with van der Waals surface area (Å²) in [7, 11) is 0. The van der Waals surface area contributed by atoms with Crippen molar-refractivity contribution in [2.45, 2.75) is 6.92 Å². The van der Waals surface area contributed by atoms with Gasteiger partial charge in [0.2, 0.25) is 11.0 Å². The minimum Gasteiger partial charge on any atom is -0.692 e. The summed E-state index contributed by atoms with van der Waals surface area (Å²) in [6.07, 6.45) is 0. The molecule has 0 spiro atoms. The van der Waals surface area contributed by atoms with E-state index in [4.69, 9.17) is 0 Å². The molecule has 0 saturated heterocycles.